The number of aromatic nitrogens is 2. The summed E-state index contributed by atoms with van der Waals surface area (Å²) < 4.78 is 0. The van der Waals surface area contributed by atoms with E-state index in [9.17, 15) is 0 Å². The van der Waals surface area contributed by atoms with Gasteiger partial charge >= 0.3 is 0 Å². The number of nitrogens with two attached hydrogens (primary N) is 1. The van der Waals surface area contributed by atoms with Crippen LogP contribution < -0.4 is 10.6 Å². The lowest BCUT2D eigenvalue weighted by molar-refractivity contribution is 0.230. The Bertz CT molecular complexity index is 521. The Morgan fingerprint density at radius 2 is 1.81 bits per heavy atom. The summed E-state index contributed by atoms with van der Waals surface area (Å²) in [6.45, 7) is 13.6. The topological polar surface area (TPSA) is 58.3 Å². The molecule has 1 aliphatic heterocycles. The third kappa shape index (κ3) is 3.68. The van der Waals surface area contributed by atoms with Crippen molar-refractivity contribution in [2.45, 2.75) is 27.7 Å². The number of aryl methyl sites for hydroxylation is 1. The van der Waals surface area contributed by atoms with Gasteiger partial charge in [-0.2, -0.15) is 5.10 Å². The molecular weight excluding hydrogens is 282 g/mol. The highest BCUT2D eigenvalue weighted by Crippen LogP contribution is 2.23. The number of rotatable bonds is 4. The van der Waals surface area contributed by atoms with Crippen molar-refractivity contribution in [2.24, 2.45) is 11.7 Å². The number of thiocarbonyl (C=S) groups is 1. The minimum absolute atomic E-state index is 0.408. The average Bonchev–Trinajstić information content (AvgIpc) is 2.41. The van der Waals surface area contributed by atoms with E-state index in [4.69, 9.17) is 18.0 Å². The molecule has 0 amide bonds. The van der Waals surface area contributed by atoms with Crippen molar-refractivity contribution in [3.8, 4) is 0 Å². The second-order valence-electron chi connectivity index (χ2n) is 6.15. The summed E-state index contributed by atoms with van der Waals surface area (Å²) in [7, 11) is 0. The Labute approximate surface area is 132 Å². The smallest absolute Gasteiger partial charge is 0.161 e. The van der Waals surface area contributed by atoms with Crippen LogP contribution in [0.2, 0.25) is 0 Å². The summed E-state index contributed by atoms with van der Waals surface area (Å²) in [4.78, 5) is 5.16. The first kappa shape index (κ1) is 16.1. The zero-order chi connectivity index (χ0) is 15.6. The lowest BCUT2D eigenvalue weighted by Crippen LogP contribution is -2.48. The maximum absolute atomic E-state index is 5.91. The summed E-state index contributed by atoms with van der Waals surface area (Å²) >= 11 is 5.22. The third-order valence-electron chi connectivity index (χ3n) is 3.98. The second-order valence-corrected chi connectivity index (χ2v) is 6.59. The first-order chi connectivity index (χ1) is 9.90. The summed E-state index contributed by atoms with van der Waals surface area (Å²) in [5.41, 5.74) is 8.72. The molecule has 0 radical (unpaired) electrons. The highest BCUT2D eigenvalue weighted by Gasteiger charge is 2.23. The Kier molecular flexibility index (Phi) is 5.11. The van der Waals surface area contributed by atoms with Gasteiger partial charge in [0.2, 0.25) is 0 Å². The zero-order valence-corrected chi connectivity index (χ0v) is 14.2. The van der Waals surface area contributed by atoms with Gasteiger partial charge in [-0.1, -0.05) is 26.1 Å². The predicted molar refractivity (Wildman–Crippen MR) is 90.9 cm³/mol. The highest BCUT2D eigenvalue weighted by atomic mass is 32.1. The van der Waals surface area contributed by atoms with E-state index in [0.717, 1.165) is 55.4 Å². The number of piperazine rings is 1. The van der Waals surface area contributed by atoms with Crippen LogP contribution >= 0.6 is 12.2 Å². The maximum atomic E-state index is 5.91. The molecule has 2 heterocycles. The van der Waals surface area contributed by atoms with Crippen molar-refractivity contribution in [3.63, 3.8) is 0 Å². The van der Waals surface area contributed by atoms with E-state index in [-0.39, 0.29) is 0 Å². The average molecular weight is 307 g/mol. The lowest BCUT2D eigenvalue weighted by Gasteiger charge is -2.36. The molecule has 1 saturated heterocycles. The minimum Gasteiger partial charge on any atom is -0.389 e. The van der Waals surface area contributed by atoms with Gasteiger partial charge in [0.15, 0.2) is 5.82 Å². The molecule has 0 spiro atoms. The van der Waals surface area contributed by atoms with Gasteiger partial charge in [0.05, 0.1) is 11.3 Å². The lowest BCUT2D eigenvalue weighted by atomic mass is 10.1. The first-order valence-electron chi connectivity index (χ1n) is 7.51. The molecule has 116 valence electrons. The Morgan fingerprint density at radius 3 is 2.33 bits per heavy atom. The van der Waals surface area contributed by atoms with Crippen LogP contribution in [0.4, 0.5) is 5.82 Å². The van der Waals surface area contributed by atoms with Crippen LogP contribution in [0.15, 0.2) is 0 Å². The highest BCUT2D eigenvalue weighted by molar-refractivity contribution is 7.80. The summed E-state index contributed by atoms with van der Waals surface area (Å²) in [6, 6.07) is 0. The molecule has 2 N–H and O–H groups in total. The van der Waals surface area contributed by atoms with E-state index in [2.05, 4.69) is 33.8 Å². The van der Waals surface area contributed by atoms with Gasteiger partial charge in [-0.25, -0.2) is 0 Å². The van der Waals surface area contributed by atoms with Crippen molar-refractivity contribution >= 4 is 23.0 Å². The fraction of sp³-hybridized carbons (Fsp3) is 0.667. The Morgan fingerprint density at radius 1 is 1.19 bits per heavy atom. The summed E-state index contributed by atoms with van der Waals surface area (Å²) in [5, 5.41) is 8.60. The molecule has 1 fully saturated rings. The van der Waals surface area contributed by atoms with E-state index >= 15 is 0 Å². The van der Waals surface area contributed by atoms with Gasteiger partial charge in [0.25, 0.3) is 0 Å². The molecule has 0 atom stereocenters. The molecule has 0 aromatic carbocycles. The molecule has 0 unspecified atom stereocenters. The van der Waals surface area contributed by atoms with Crippen LogP contribution in [0.1, 0.15) is 30.7 Å². The molecule has 5 nitrogen and oxygen atoms in total. The molecule has 0 saturated carbocycles. The fourth-order valence-corrected chi connectivity index (χ4v) is 3.02. The van der Waals surface area contributed by atoms with Crippen molar-refractivity contribution < 1.29 is 0 Å². The third-order valence-corrected chi connectivity index (χ3v) is 4.18. The predicted octanol–water partition coefficient (Wildman–Crippen LogP) is 1.51. The summed E-state index contributed by atoms with van der Waals surface area (Å²) in [6.07, 6.45) is 0. The van der Waals surface area contributed by atoms with Gasteiger partial charge in [-0.05, 0) is 25.3 Å². The normalized spacial score (nSPS) is 16.5. The fourth-order valence-electron chi connectivity index (χ4n) is 2.77. The van der Waals surface area contributed by atoms with Crippen molar-refractivity contribution in [1.29, 1.82) is 0 Å². The van der Waals surface area contributed by atoms with E-state index < -0.39 is 0 Å². The number of nitrogens with zero attached hydrogens (tertiary/aromatic N) is 4. The summed E-state index contributed by atoms with van der Waals surface area (Å²) in [5.74, 6) is 1.54. The Balaban J connectivity index is 2.17. The maximum Gasteiger partial charge on any atom is 0.161 e. The molecule has 0 bridgehead atoms. The van der Waals surface area contributed by atoms with Gasteiger partial charge in [-0.15, -0.1) is 5.10 Å². The molecular formula is C15H25N5S. The van der Waals surface area contributed by atoms with Crippen LogP contribution in [0.3, 0.4) is 0 Å². The van der Waals surface area contributed by atoms with Gasteiger partial charge < -0.3 is 10.6 Å². The number of hydrogen-bond donors (Lipinski definition) is 1. The second kappa shape index (κ2) is 6.66. The van der Waals surface area contributed by atoms with Crippen LogP contribution in [0, 0.1) is 19.8 Å². The van der Waals surface area contributed by atoms with Gasteiger partial charge in [-0.3, -0.25) is 4.90 Å². The number of hydrogen-bond acceptors (Lipinski definition) is 5. The van der Waals surface area contributed by atoms with Crippen LogP contribution in [0.25, 0.3) is 0 Å². The van der Waals surface area contributed by atoms with E-state index in [0.29, 0.717) is 10.9 Å². The minimum atomic E-state index is 0.408. The standard InChI is InChI=1S/C15H25N5S/c1-10(2)9-19-5-7-20(8-6-19)15-13(14(16)21)11(3)12(4)17-18-15/h10H,5-9H2,1-4H3,(H2,16,21). The number of anilines is 1. The van der Waals surface area contributed by atoms with Crippen LogP contribution in [0.5, 0.6) is 0 Å². The Hall–Kier alpha value is -1.27. The molecule has 1 aromatic rings. The largest absolute Gasteiger partial charge is 0.389 e. The molecule has 1 aliphatic rings. The molecule has 21 heavy (non-hydrogen) atoms. The van der Waals surface area contributed by atoms with E-state index in [1.54, 1.807) is 0 Å². The first-order valence-corrected chi connectivity index (χ1v) is 7.92. The van der Waals surface area contributed by atoms with Crippen LogP contribution in [-0.2, 0) is 0 Å². The van der Waals surface area contributed by atoms with E-state index in [1.807, 2.05) is 13.8 Å². The monoisotopic (exact) mass is 307 g/mol. The molecule has 0 aliphatic carbocycles. The van der Waals surface area contributed by atoms with Crippen molar-refractivity contribution in [2.75, 3.05) is 37.6 Å². The van der Waals surface area contributed by atoms with Gasteiger partial charge in [0.1, 0.15) is 4.99 Å². The van der Waals surface area contributed by atoms with Crippen molar-refractivity contribution in [1.82, 2.24) is 15.1 Å². The molecule has 6 heteroatoms. The molecule has 2 rings (SSSR count). The van der Waals surface area contributed by atoms with Crippen LogP contribution in [-0.4, -0.2) is 52.8 Å². The SMILES string of the molecule is Cc1nnc(N2CCN(CC(C)C)CC2)c(C(N)=S)c1C. The quantitative estimate of drug-likeness (QED) is 0.851. The van der Waals surface area contributed by atoms with Crippen molar-refractivity contribution in [3.05, 3.63) is 16.8 Å². The zero-order valence-electron chi connectivity index (χ0n) is 13.4. The molecule has 1 aromatic heterocycles. The van der Waals surface area contributed by atoms with Gasteiger partial charge in [0, 0.05) is 32.7 Å². The van der Waals surface area contributed by atoms with E-state index in [1.165, 1.54) is 0 Å².